The van der Waals surface area contributed by atoms with E-state index in [4.69, 9.17) is 0 Å². The van der Waals surface area contributed by atoms with Crippen molar-refractivity contribution in [3.05, 3.63) is 30.3 Å². The van der Waals surface area contributed by atoms with Crippen molar-refractivity contribution in [1.29, 1.82) is 0 Å². The Morgan fingerprint density at radius 2 is 1.94 bits per heavy atom. The summed E-state index contributed by atoms with van der Waals surface area (Å²) in [7, 11) is -3.30. The maximum absolute atomic E-state index is 12.5. The first kappa shape index (κ1) is 12.1. The van der Waals surface area contributed by atoms with Crippen molar-refractivity contribution < 1.29 is 8.42 Å². The molecule has 0 spiro atoms. The molecule has 0 aromatic heterocycles. The Morgan fingerprint density at radius 3 is 2.67 bits per heavy atom. The lowest BCUT2D eigenvalue weighted by molar-refractivity contribution is 0.339. The molecule has 1 aromatic carbocycles. The molecule has 3 rings (SSSR count). The van der Waals surface area contributed by atoms with Gasteiger partial charge in [0.25, 0.3) is 0 Å². The van der Waals surface area contributed by atoms with E-state index in [1.54, 1.807) is 28.6 Å². The molecule has 0 aliphatic carbocycles. The summed E-state index contributed by atoms with van der Waals surface area (Å²) < 4.78 is 26.6. The van der Waals surface area contributed by atoms with Crippen molar-refractivity contribution >= 4 is 10.0 Å². The number of hydrogen-bond donors (Lipinski definition) is 1. The van der Waals surface area contributed by atoms with Crippen molar-refractivity contribution in [2.45, 2.75) is 23.8 Å². The van der Waals surface area contributed by atoms with E-state index < -0.39 is 10.0 Å². The minimum atomic E-state index is -3.30. The summed E-state index contributed by atoms with van der Waals surface area (Å²) in [6.45, 7) is 2.29. The molecule has 0 saturated carbocycles. The summed E-state index contributed by atoms with van der Waals surface area (Å²) >= 11 is 0. The fourth-order valence-electron chi connectivity index (χ4n) is 2.94. The molecule has 2 fully saturated rings. The Morgan fingerprint density at radius 1 is 1.17 bits per heavy atom. The number of fused-ring (bicyclic) bond motifs is 1. The highest BCUT2D eigenvalue weighted by Crippen LogP contribution is 2.29. The van der Waals surface area contributed by atoms with Gasteiger partial charge in [0.1, 0.15) is 0 Å². The second kappa shape index (κ2) is 4.64. The van der Waals surface area contributed by atoms with E-state index in [9.17, 15) is 8.42 Å². The van der Waals surface area contributed by atoms with E-state index >= 15 is 0 Å². The molecule has 1 aromatic rings. The molecule has 0 radical (unpaired) electrons. The molecule has 0 unspecified atom stereocenters. The molecule has 2 atom stereocenters. The van der Waals surface area contributed by atoms with Gasteiger partial charge in [-0.1, -0.05) is 18.2 Å². The predicted octanol–water partition coefficient (Wildman–Crippen LogP) is 1.06. The van der Waals surface area contributed by atoms with Gasteiger partial charge >= 0.3 is 0 Å². The van der Waals surface area contributed by atoms with Crippen LogP contribution in [0.4, 0.5) is 0 Å². The van der Waals surface area contributed by atoms with Gasteiger partial charge in [-0.15, -0.1) is 0 Å². The van der Waals surface area contributed by atoms with Crippen molar-refractivity contribution in [3.63, 3.8) is 0 Å². The Hall–Kier alpha value is -0.910. The van der Waals surface area contributed by atoms with Crippen LogP contribution in [0.15, 0.2) is 35.2 Å². The summed E-state index contributed by atoms with van der Waals surface area (Å²) in [6, 6.07) is 9.07. The second-order valence-corrected chi connectivity index (χ2v) is 7.04. The Balaban J connectivity index is 1.83. The lowest BCUT2D eigenvalue weighted by Crippen LogP contribution is -2.41. The number of nitrogens with zero attached hydrogens (tertiary/aromatic N) is 1. The zero-order valence-electron chi connectivity index (χ0n) is 10.2. The zero-order chi connectivity index (χ0) is 12.6. The van der Waals surface area contributed by atoms with Gasteiger partial charge in [0.2, 0.25) is 10.0 Å². The lowest BCUT2D eigenvalue weighted by Gasteiger charge is -2.24. The van der Waals surface area contributed by atoms with Crippen LogP contribution in [-0.4, -0.2) is 38.4 Å². The van der Waals surface area contributed by atoms with Crippen LogP contribution in [0.1, 0.15) is 12.8 Å². The molecular formula is C13H18N2O2S. The van der Waals surface area contributed by atoms with E-state index in [2.05, 4.69) is 5.32 Å². The van der Waals surface area contributed by atoms with Crippen molar-refractivity contribution in [2.75, 3.05) is 19.6 Å². The van der Waals surface area contributed by atoms with Gasteiger partial charge in [0.05, 0.1) is 4.90 Å². The van der Waals surface area contributed by atoms with Gasteiger partial charge in [-0.25, -0.2) is 8.42 Å². The smallest absolute Gasteiger partial charge is 0.243 e. The SMILES string of the molecule is O=S(=O)(c1ccccc1)N1C[C@@H]2CCCN[C@@H]2C1. The monoisotopic (exact) mass is 266 g/mol. The van der Waals surface area contributed by atoms with Crippen molar-refractivity contribution in [1.82, 2.24) is 9.62 Å². The summed E-state index contributed by atoms with van der Waals surface area (Å²) in [4.78, 5) is 0.406. The van der Waals surface area contributed by atoms with Crippen LogP contribution < -0.4 is 5.32 Å². The Bertz CT molecular complexity index is 501. The summed E-state index contributed by atoms with van der Waals surface area (Å²) in [6.07, 6.45) is 2.29. The summed E-state index contributed by atoms with van der Waals surface area (Å²) in [5, 5.41) is 3.43. The fourth-order valence-corrected chi connectivity index (χ4v) is 4.49. The molecule has 98 valence electrons. The number of sulfonamides is 1. The van der Waals surface area contributed by atoms with Crippen LogP contribution in [0.25, 0.3) is 0 Å². The van der Waals surface area contributed by atoms with E-state index in [1.165, 1.54) is 0 Å². The summed E-state index contributed by atoms with van der Waals surface area (Å²) in [5.41, 5.74) is 0. The zero-order valence-corrected chi connectivity index (χ0v) is 11.1. The van der Waals surface area contributed by atoms with Crippen LogP contribution in [0.3, 0.4) is 0 Å². The summed E-state index contributed by atoms with van der Waals surface area (Å²) in [5.74, 6) is 0.484. The first-order valence-corrected chi connectivity index (χ1v) is 7.90. The average Bonchev–Trinajstić information content (AvgIpc) is 2.84. The highest BCUT2D eigenvalue weighted by Gasteiger charge is 2.39. The van der Waals surface area contributed by atoms with Gasteiger partial charge < -0.3 is 5.32 Å². The minimum Gasteiger partial charge on any atom is -0.312 e. The minimum absolute atomic E-state index is 0.345. The molecule has 18 heavy (non-hydrogen) atoms. The van der Waals surface area contributed by atoms with Crippen LogP contribution >= 0.6 is 0 Å². The van der Waals surface area contributed by atoms with Crippen molar-refractivity contribution in [3.8, 4) is 0 Å². The van der Waals surface area contributed by atoms with Gasteiger partial charge in [-0.05, 0) is 37.4 Å². The highest BCUT2D eigenvalue weighted by molar-refractivity contribution is 7.89. The van der Waals surface area contributed by atoms with Gasteiger partial charge in [0, 0.05) is 19.1 Å². The Labute approximate surface area is 108 Å². The highest BCUT2D eigenvalue weighted by atomic mass is 32.2. The molecule has 2 aliphatic rings. The van der Waals surface area contributed by atoms with Crippen LogP contribution in [0, 0.1) is 5.92 Å². The van der Waals surface area contributed by atoms with E-state index in [-0.39, 0.29) is 0 Å². The number of benzene rings is 1. The number of nitrogens with one attached hydrogen (secondary N) is 1. The first-order chi connectivity index (χ1) is 8.68. The van der Waals surface area contributed by atoms with E-state index in [0.29, 0.717) is 29.9 Å². The number of rotatable bonds is 2. The predicted molar refractivity (Wildman–Crippen MR) is 69.7 cm³/mol. The van der Waals surface area contributed by atoms with Crippen LogP contribution in [-0.2, 0) is 10.0 Å². The van der Waals surface area contributed by atoms with Crippen LogP contribution in [0.5, 0.6) is 0 Å². The quantitative estimate of drug-likeness (QED) is 0.871. The molecule has 0 bridgehead atoms. The maximum Gasteiger partial charge on any atom is 0.243 e. The third kappa shape index (κ3) is 2.06. The topological polar surface area (TPSA) is 49.4 Å². The number of piperidine rings is 1. The molecule has 0 amide bonds. The molecule has 4 nitrogen and oxygen atoms in total. The molecule has 2 saturated heterocycles. The molecular weight excluding hydrogens is 248 g/mol. The van der Waals surface area contributed by atoms with Gasteiger partial charge in [-0.3, -0.25) is 0 Å². The molecule has 5 heteroatoms. The number of hydrogen-bond acceptors (Lipinski definition) is 3. The van der Waals surface area contributed by atoms with Crippen LogP contribution in [0.2, 0.25) is 0 Å². The largest absolute Gasteiger partial charge is 0.312 e. The average molecular weight is 266 g/mol. The normalized spacial score (nSPS) is 29.1. The first-order valence-electron chi connectivity index (χ1n) is 6.46. The maximum atomic E-state index is 12.5. The Kier molecular flexibility index (Phi) is 3.13. The molecule has 2 heterocycles. The van der Waals surface area contributed by atoms with Gasteiger partial charge in [0.15, 0.2) is 0 Å². The van der Waals surface area contributed by atoms with Gasteiger partial charge in [-0.2, -0.15) is 4.31 Å². The lowest BCUT2D eigenvalue weighted by atomic mass is 9.94. The molecule has 2 aliphatic heterocycles. The fraction of sp³-hybridized carbons (Fsp3) is 0.538. The van der Waals surface area contributed by atoms with E-state index in [1.807, 2.05) is 6.07 Å². The van der Waals surface area contributed by atoms with E-state index in [0.717, 1.165) is 19.4 Å². The van der Waals surface area contributed by atoms with Crippen molar-refractivity contribution in [2.24, 2.45) is 5.92 Å². The second-order valence-electron chi connectivity index (χ2n) is 5.10. The molecule has 1 N–H and O–H groups in total. The third-order valence-electron chi connectivity index (χ3n) is 3.95. The third-order valence-corrected chi connectivity index (χ3v) is 5.79. The standard InChI is InChI=1S/C13H18N2O2S/c16-18(17,12-6-2-1-3-7-12)15-9-11-5-4-8-14-13(11)10-15/h1-3,6-7,11,13-14H,4-5,8-10H2/t11-,13+/m0/s1.